The Morgan fingerprint density at radius 3 is 2.58 bits per heavy atom. The molecule has 0 aromatic carbocycles. The van der Waals surface area contributed by atoms with E-state index in [2.05, 4.69) is 19.7 Å². The molecule has 0 fully saturated rings. The zero-order valence-corrected chi connectivity index (χ0v) is 12.0. The summed E-state index contributed by atoms with van der Waals surface area (Å²) in [4.78, 5) is 24.1. The molecule has 2 aromatic heterocycles. The first-order valence-corrected chi connectivity index (χ1v) is 6.47. The highest BCUT2D eigenvalue weighted by atomic mass is 32.1. The number of carbonyl (C=O) groups excluding carboxylic acids is 1. The Morgan fingerprint density at radius 1 is 1.21 bits per heavy atom. The third kappa shape index (κ3) is 3.72. The molecule has 0 saturated heterocycles. The number of esters is 1. The van der Waals surface area contributed by atoms with Gasteiger partial charge in [0.15, 0.2) is 0 Å². The normalized spacial score (nSPS) is 9.26. The maximum atomic E-state index is 11.2. The number of rotatable bonds is 3. The van der Waals surface area contributed by atoms with Crippen LogP contribution in [-0.4, -0.2) is 35.1 Å². The van der Waals surface area contributed by atoms with Gasteiger partial charge in [0.25, 0.3) is 0 Å². The van der Waals surface area contributed by atoms with E-state index < -0.39 is 5.97 Å². The summed E-state index contributed by atoms with van der Waals surface area (Å²) >= 11 is 1.19. The lowest BCUT2D eigenvalue weighted by molar-refractivity contribution is 0.0600. The van der Waals surface area contributed by atoms with Crippen molar-refractivity contribution in [3.63, 3.8) is 0 Å². The van der Waals surface area contributed by atoms with Gasteiger partial charge in [-0.1, -0.05) is 13.8 Å². The molecule has 0 aliphatic rings. The first kappa shape index (κ1) is 15.0. The number of hydrogen-bond donors (Lipinski definition) is 0. The Hall–Kier alpha value is -2.02. The maximum absolute atomic E-state index is 11.2. The minimum absolute atomic E-state index is 0.284. The van der Waals surface area contributed by atoms with E-state index in [1.807, 2.05) is 13.8 Å². The van der Waals surface area contributed by atoms with Crippen LogP contribution in [0.3, 0.4) is 0 Å². The highest BCUT2D eigenvalue weighted by Gasteiger charge is 2.13. The summed E-state index contributed by atoms with van der Waals surface area (Å²) in [5, 5.41) is 0.284. The van der Waals surface area contributed by atoms with Gasteiger partial charge in [0, 0.05) is 6.20 Å². The third-order valence-corrected chi connectivity index (χ3v) is 2.94. The van der Waals surface area contributed by atoms with Gasteiger partial charge in [-0.3, -0.25) is 4.98 Å². The number of ether oxygens (including phenoxy) is 2. The van der Waals surface area contributed by atoms with Crippen LogP contribution in [0.5, 0.6) is 5.88 Å². The van der Waals surface area contributed by atoms with Gasteiger partial charge >= 0.3 is 5.97 Å². The average Bonchev–Trinajstić information content (AvgIpc) is 2.98. The average molecular weight is 281 g/mol. The summed E-state index contributed by atoms with van der Waals surface area (Å²) < 4.78 is 9.55. The lowest BCUT2D eigenvalue weighted by Gasteiger charge is -1.99. The summed E-state index contributed by atoms with van der Waals surface area (Å²) in [6.45, 7) is 4.00. The van der Waals surface area contributed by atoms with E-state index >= 15 is 0 Å². The van der Waals surface area contributed by atoms with Crippen LogP contribution in [0.1, 0.15) is 23.6 Å². The van der Waals surface area contributed by atoms with Crippen LogP contribution in [0.15, 0.2) is 18.6 Å². The van der Waals surface area contributed by atoms with Gasteiger partial charge in [-0.15, -0.1) is 11.3 Å². The predicted octanol–water partition coefficient (Wildman–Crippen LogP) is 2.42. The van der Waals surface area contributed by atoms with Crippen molar-refractivity contribution in [2.75, 3.05) is 14.2 Å². The summed E-state index contributed by atoms with van der Waals surface area (Å²) in [6.07, 6.45) is 4.64. The first-order valence-electron chi connectivity index (χ1n) is 5.65. The fourth-order valence-electron chi connectivity index (χ4n) is 1.14. The number of methoxy groups -OCH3 is 2. The highest BCUT2D eigenvalue weighted by Crippen LogP contribution is 2.25. The molecular formula is C12H15N3O3S. The Balaban J connectivity index is 0.000000861. The van der Waals surface area contributed by atoms with Gasteiger partial charge in [0.2, 0.25) is 10.9 Å². The number of aromatic nitrogens is 3. The second-order valence-corrected chi connectivity index (χ2v) is 4.00. The summed E-state index contributed by atoms with van der Waals surface area (Å²) in [5.74, 6) is -0.0485. The second kappa shape index (κ2) is 7.42. The molecule has 0 amide bonds. The predicted molar refractivity (Wildman–Crippen MR) is 72.4 cm³/mol. The van der Waals surface area contributed by atoms with Crippen molar-refractivity contribution in [3.8, 4) is 16.5 Å². The van der Waals surface area contributed by atoms with E-state index in [0.29, 0.717) is 11.6 Å². The molecule has 0 saturated carbocycles. The maximum Gasteiger partial charge on any atom is 0.367 e. The topological polar surface area (TPSA) is 74.2 Å². The first-order chi connectivity index (χ1) is 9.24. The summed E-state index contributed by atoms with van der Waals surface area (Å²) in [5.41, 5.74) is 0.608. The fourth-order valence-corrected chi connectivity index (χ4v) is 1.93. The van der Waals surface area contributed by atoms with Crippen LogP contribution >= 0.6 is 11.3 Å². The summed E-state index contributed by atoms with van der Waals surface area (Å²) in [7, 11) is 2.83. The Kier molecular flexibility index (Phi) is 5.87. The van der Waals surface area contributed by atoms with Crippen molar-refractivity contribution < 1.29 is 14.3 Å². The molecule has 6 nitrogen and oxygen atoms in total. The molecule has 2 aromatic rings. The Morgan fingerprint density at radius 2 is 1.95 bits per heavy atom. The van der Waals surface area contributed by atoms with Crippen LogP contribution in [0, 0.1) is 0 Å². The molecule has 2 rings (SSSR count). The molecule has 0 radical (unpaired) electrons. The van der Waals surface area contributed by atoms with Crippen LogP contribution in [-0.2, 0) is 4.74 Å². The number of thiazole rings is 1. The Bertz CT molecular complexity index is 543. The van der Waals surface area contributed by atoms with Crippen molar-refractivity contribution in [1.82, 2.24) is 15.0 Å². The standard InChI is InChI=1S/C10H9N3O3S.C2H6/c1-15-8-5-11-3-6(13-8)7-4-12-9(17-7)10(14)16-2;1-2/h3-5H,1-2H3;1-2H3. The smallest absolute Gasteiger partial charge is 0.367 e. The van der Waals surface area contributed by atoms with Gasteiger partial charge in [0.05, 0.1) is 31.5 Å². The second-order valence-electron chi connectivity index (χ2n) is 2.97. The molecule has 102 valence electrons. The molecule has 0 bridgehead atoms. The van der Waals surface area contributed by atoms with Crippen LogP contribution in [0.4, 0.5) is 0 Å². The lowest BCUT2D eigenvalue weighted by atomic mass is 10.4. The van der Waals surface area contributed by atoms with Crippen molar-refractivity contribution in [2.24, 2.45) is 0 Å². The van der Waals surface area contributed by atoms with Gasteiger partial charge in [-0.2, -0.15) is 0 Å². The third-order valence-electron chi connectivity index (χ3n) is 1.94. The van der Waals surface area contributed by atoms with Crippen molar-refractivity contribution in [1.29, 1.82) is 0 Å². The van der Waals surface area contributed by atoms with Gasteiger partial charge in [-0.05, 0) is 0 Å². The molecule has 0 aliphatic heterocycles. The number of carbonyl (C=O) groups is 1. The van der Waals surface area contributed by atoms with Crippen molar-refractivity contribution >= 4 is 17.3 Å². The largest absolute Gasteiger partial charge is 0.480 e. The molecule has 0 spiro atoms. The SMILES string of the molecule is CC.COC(=O)c1ncc(-c2cncc(OC)n2)s1. The van der Waals surface area contributed by atoms with Gasteiger partial charge in [-0.25, -0.2) is 14.8 Å². The Labute approximate surface area is 115 Å². The molecule has 7 heteroatoms. The lowest BCUT2D eigenvalue weighted by Crippen LogP contribution is -1.98. The minimum Gasteiger partial charge on any atom is -0.480 e. The zero-order chi connectivity index (χ0) is 14.3. The molecule has 0 unspecified atom stereocenters. The molecule has 0 N–H and O–H groups in total. The van der Waals surface area contributed by atoms with Crippen LogP contribution < -0.4 is 4.74 Å². The van der Waals surface area contributed by atoms with Crippen molar-refractivity contribution in [2.45, 2.75) is 13.8 Å². The van der Waals surface area contributed by atoms with Gasteiger partial charge in [0.1, 0.15) is 5.69 Å². The van der Waals surface area contributed by atoms with Crippen LogP contribution in [0.25, 0.3) is 10.6 Å². The highest BCUT2D eigenvalue weighted by molar-refractivity contribution is 7.16. The van der Waals surface area contributed by atoms with E-state index in [1.54, 1.807) is 12.4 Å². The van der Waals surface area contributed by atoms with E-state index in [0.717, 1.165) is 4.88 Å². The zero-order valence-electron chi connectivity index (χ0n) is 11.2. The molecule has 2 heterocycles. The van der Waals surface area contributed by atoms with E-state index in [-0.39, 0.29) is 5.01 Å². The molecule has 0 atom stereocenters. The fraction of sp³-hybridized carbons (Fsp3) is 0.333. The summed E-state index contributed by atoms with van der Waals surface area (Å²) in [6, 6.07) is 0. The molecule has 19 heavy (non-hydrogen) atoms. The number of hydrogen-bond acceptors (Lipinski definition) is 7. The van der Waals surface area contributed by atoms with Crippen LogP contribution in [0.2, 0.25) is 0 Å². The monoisotopic (exact) mass is 281 g/mol. The van der Waals surface area contributed by atoms with E-state index in [9.17, 15) is 4.79 Å². The quantitative estimate of drug-likeness (QED) is 0.804. The minimum atomic E-state index is -0.461. The van der Waals surface area contributed by atoms with E-state index in [1.165, 1.54) is 31.8 Å². The number of nitrogens with zero attached hydrogens (tertiary/aromatic N) is 3. The van der Waals surface area contributed by atoms with Crippen molar-refractivity contribution in [3.05, 3.63) is 23.6 Å². The molecular weight excluding hydrogens is 266 g/mol. The molecule has 0 aliphatic carbocycles. The van der Waals surface area contributed by atoms with E-state index in [4.69, 9.17) is 4.74 Å². The van der Waals surface area contributed by atoms with Gasteiger partial charge < -0.3 is 9.47 Å².